The molecule has 0 radical (unpaired) electrons. The number of benzene rings is 1. The molecule has 8 heteroatoms. The van der Waals surface area contributed by atoms with E-state index in [1.165, 1.54) is 12.8 Å². The van der Waals surface area contributed by atoms with E-state index in [4.69, 9.17) is 14.0 Å². The van der Waals surface area contributed by atoms with E-state index in [1.807, 2.05) is 39.0 Å². The van der Waals surface area contributed by atoms with E-state index < -0.39 is 0 Å². The van der Waals surface area contributed by atoms with Gasteiger partial charge < -0.3 is 24.6 Å². The third-order valence-electron chi connectivity index (χ3n) is 5.06. The van der Waals surface area contributed by atoms with Gasteiger partial charge in [-0.2, -0.15) is 4.98 Å². The van der Waals surface area contributed by atoms with Gasteiger partial charge in [-0.05, 0) is 31.7 Å². The lowest BCUT2D eigenvalue weighted by Gasteiger charge is -2.20. The molecule has 0 saturated heterocycles. The summed E-state index contributed by atoms with van der Waals surface area (Å²) in [5.41, 5.74) is 0.853. The number of aliphatic imine (C=N–C) groups is 1. The summed E-state index contributed by atoms with van der Waals surface area (Å²) < 4.78 is 17.2. The number of guanidine groups is 1. The Bertz CT molecular complexity index is 851. The van der Waals surface area contributed by atoms with E-state index in [0.717, 1.165) is 29.9 Å². The van der Waals surface area contributed by atoms with Gasteiger partial charge in [-0.3, -0.25) is 4.99 Å². The van der Waals surface area contributed by atoms with E-state index in [0.29, 0.717) is 30.8 Å². The van der Waals surface area contributed by atoms with Gasteiger partial charge in [0.25, 0.3) is 0 Å². The number of nitrogens with zero attached hydrogens (tertiary/aromatic N) is 3. The Balaban J connectivity index is 1.61. The summed E-state index contributed by atoms with van der Waals surface area (Å²) in [6, 6.07) is 5.95. The van der Waals surface area contributed by atoms with Crippen molar-refractivity contribution in [1.82, 2.24) is 20.8 Å². The van der Waals surface area contributed by atoms with Crippen LogP contribution in [0, 0.1) is 0 Å². The molecule has 1 aromatic carbocycles. The largest absolute Gasteiger partial charge is 0.493 e. The molecule has 0 bridgehead atoms. The molecule has 164 valence electrons. The highest BCUT2D eigenvalue weighted by molar-refractivity contribution is 5.79. The Morgan fingerprint density at radius 1 is 1.20 bits per heavy atom. The van der Waals surface area contributed by atoms with Gasteiger partial charge in [0.15, 0.2) is 23.3 Å². The minimum absolute atomic E-state index is 0.173. The first-order valence-electron chi connectivity index (χ1n) is 10.5. The minimum Gasteiger partial charge on any atom is -0.493 e. The van der Waals surface area contributed by atoms with Gasteiger partial charge >= 0.3 is 0 Å². The Morgan fingerprint density at radius 3 is 2.57 bits per heavy atom. The highest BCUT2D eigenvalue weighted by Crippen LogP contribution is 2.34. The van der Waals surface area contributed by atoms with Crippen LogP contribution in [0.2, 0.25) is 0 Å². The maximum Gasteiger partial charge on any atom is 0.232 e. The van der Waals surface area contributed by atoms with Crippen molar-refractivity contribution in [3.8, 4) is 11.5 Å². The van der Waals surface area contributed by atoms with Crippen molar-refractivity contribution in [3.05, 3.63) is 35.5 Å². The van der Waals surface area contributed by atoms with Gasteiger partial charge in [-0.25, -0.2) is 0 Å². The number of hydrogen-bond donors (Lipinski definition) is 2. The van der Waals surface area contributed by atoms with Gasteiger partial charge in [-0.15, -0.1) is 0 Å². The molecule has 1 aromatic heterocycles. The van der Waals surface area contributed by atoms with Gasteiger partial charge in [0, 0.05) is 24.6 Å². The fourth-order valence-corrected chi connectivity index (χ4v) is 3.36. The van der Waals surface area contributed by atoms with Gasteiger partial charge in [-0.1, -0.05) is 38.1 Å². The van der Waals surface area contributed by atoms with Crippen LogP contribution >= 0.6 is 0 Å². The lowest BCUT2D eigenvalue weighted by Crippen LogP contribution is -2.36. The maximum absolute atomic E-state index is 6.30. The molecule has 3 rings (SSSR count). The van der Waals surface area contributed by atoms with Crippen LogP contribution in [0.1, 0.15) is 63.7 Å². The van der Waals surface area contributed by atoms with Crippen molar-refractivity contribution in [2.75, 3.05) is 14.2 Å². The molecule has 2 aromatic rings. The smallest absolute Gasteiger partial charge is 0.232 e. The fraction of sp³-hybridized carbons (Fsp3) is 0.591. The summed E-state index contributed by atoms with van der Waals surface area (Å²) in [7, 11) is 3.40. The number of ether oxygens (including phenoxy) is 2. The van der Waals surface area contributed by atoms with Gasteiger partial charge in [0.1, 0.15) is 0 Å². The molecular formula is C22H33N5O3. The fourth-order valence-electron chi connectivity index (χ4n) is 3.36. The third kappa shape index (κ3) is 5.64. The highest BCUT2D eigenvalue weighted by Gasteiger charge is 2.22. The summed E-state index contributed by atoms with van der Waals surface area (Å²) in [5.74, 6) is 3.42. The van der Waals surface area contributed by atoms with Crippen molar-refractivity contribution in [2.45, 2.75) is 71.1 Å². The number of methoxy groups -OCH3 is 1. The summed E-state index contributed by atoms with van der Waals surface area (Å²) in [4.78, 5) is 8.73. The van der Waals surface area contributed by atoms with E-state index >= 15 is 0 Å². The lowest BCUT2D eigenvalue weighted by atomic mass is 9.97. The number of para-hydroxylation sites is 1. The average molecular weight is 416 g/mol. The molecule has 1 aliphatic carbocycles. The maximum atomic E-state index is 6.30. The molecule has 1 aliphatic rings. The van der Waals surface area contributed by atoms with Crippen LogP contribution in [0.3, 0.4) is 0 Å². The molecule has 0 spiro atoms. The summed E-state index contributed by atoms with van der Waals surface area (Å²) in [6.07, 6.45) is 4.88. The van der Waals surface area contributed by atoms with Crippen molar-refractivity contribution in [2.24, 2.45) is 4.99 Å². The Hall–Kier alpha value is -2.77. The Kier molecular flexibility index (Phi) is 7.18. The van der Waals surface area contributed by atoms with Crippen LogP contribution in [-0.2, 0) is 18.5 Å². The zero-order valence-corrected chi connectivity index (χ0v) is 18.6. The third-order valence-corrected chi connectivity index (χ3v) is 5.06. The van der Waals surface area contributed by atoms with E-state index in [1.54, 1.807) is 14.2 Å². The summed E-state index contributed by atoms with van der Waals surface area (Å²) in [6.45, 7) is 7.09. The minimum atomic E-state index is -0.173. The predicted octanol–water partition coefficient (Wildman–Crippen LogP) is 3.56. The molecule has 2 N–H and O–H groups in total. The second-order valence-electron chi connectivity index (χ2n) is 8.52. The molecule has 0 unspecified atom stereocenters. The average Bonchev–Trinajstić information content (AvgIpc) is 3.40. The second-order valence-corrected chi connectivity index (χ2v) is 8.52. The van der Waals surface area contributed by atoms with Gasteiger partial charge in [0.05, 0.1) is 19.8 Å². The lowest BCUT2D eigenvalue weighted by molar-refractivity contribution is 0.198. The molecule has 0 amide bonds. The first-order chi connectivity index (χ1) is 14.4. The van der Waals surface area contributed by atoms with Crippen molar-refractivity contribution < 1.29 is 14.0 Å². The molecule has 1 heterocycles. The van der Waals surface area contributed by atoms with E-state index in [9.17, 15) is 0 Å². The second kappa shape index (κ2) is 9.82. The first kappa shape index (κ1) is 21.9. The van der Waals surface area contributed by atoms with Crippen LogP contribution < -0.4 is 20.1 Å². The molecule has 0 atom stereocenters. The monoisotopic (exact) mass is 415 g/mol. The molecular weight excluding hydrogens is 382 g/mol. The first-order valence-corrected chi connectivity index (χ1v) is 10.5. The topological polar surface area (TPSA) is 93.8 Å². The summed E-state index contributed by atoms with van der Waals surface area (Å²) in [5, 5.41) is 10.6. The van der Waals surface area contributed by atoms with Crippen molar-refractivity contribution in [3.63, 3.8) is 0 Å². The molecule has 1 saturated carbocycles. The number of hydrogen-bond acceptors (Lipinski definition) is 6. The SMILES string of the molecule is CN=C(NCc1noc(C(C)(C)C)n1)NCc1cccc(OC)c1OC1CCCC1. The standard InChI is InChI=1S/C22H33N5O3/c1-22(2,3)20-26-18(27-30-20)14-25-21(23-4)24-13-15-9-8-12-17(28-5)19(15)29-16-10-6-7-11-16/h8-9,12,16H,6-7,10-11,13-14H2,1-5H3,(H2,23,24,25). The van der Waals surface area contributed by atoms with E-state index in [2.05, 4.69) is 25.8 Å². The van der Waals surface area contributed by atoms with Crippen LogP contribution in [0.4, 0.5) is 0 Å². The van der Waals surface area contributed by atoms with Crippen LogP contribution in [0.25, 0.3) is 0 Å². The van der Waals surface area contributed by atoms with Crippen LogP contribution in [0.5, 0.6) is 11.5 Å². The molecule has 0 aliphatic heterocycles. The van der Waals surface area contributed by atoms with Crippen LogP contribution in [-0.4, -0.2) is 36.4 Å². The summed E-state index contributed by atoms with van der Waals surface area (Å²) >= 11 is 0. The normalized spacial score (nSPS) is 15.3. The Labute approximate surface area is 178 Å². The quantitative estimate of drug-likeness (QED) is 0.527. The number of rotatable bonds is 7. The number of aromatic nitrogens is 2. The zero-order chi connectivity index (χ0) is 21.6. The van der Waals surface area contributed by atoms with E-state index in [-0.39, 0.29) is 11.5 Å². The Morgan fingerprint density at radius 2 is 1.93 bits per heavy atom. The molecule has 30 heavy (non-hydrogen) atoms. The van der Waals surface area contributed by atoms with Crippen LogP contribution in [0.15, 0.2) is 27.7 Å². The van der Waals surface area contributed by atoms with Crippen molar-refractivity contribution >= 4 is 5.96 Å². The highest BCUT2D eigenvalue weighted by atomic mass is 16.5. The number of nitrogens with one attached hydrogen (secondary N) is 2. The molecule has 1 fully saturated rings. The van der Waals surface area contributed by atoms with Gasteiger partial charge in [0.2, 0.25) is 5.89 Å². The predicted molar refractivity (Wildman–Crippen MR) is 116 cm³/mol. The zero-order valence-electron chi connectivity index (χ0n) is 18.6. The molecule has 8 nitrogen and oxygen atoms in total. The van der Waals surface area contributed by atoms with Crippen molar-refractivity contribution in [1.29, 1.82) is 0 Å².